The number of thioether (sulfide) groups is 1. The molecular weight excluding hydrogens is 423 g/mol. The number of hydrogen-bond donors (Lipinski definition) is 2. The van der Waals surface area contributed by atoms with Crippen molar-refractivity contribution in [3.8, 4) is 0 Å². The number of rotatable bonds is 8. The molecular formula is C22H21FN2O3S2. The summed E-state index contributed by atoms with van der Waals surface area (Å²) in [7, 11) is -3.81. The van der Waals surface area contributed by atoms with Crippen molar-refractivity contribution in [2.45, 2.75) is 17.6 Å². The lowest BCUT2D eigenvalue weighted by Gasteiger charge is -2.10. The average molecular weight is 445 g/mol. The molecule has 0 unspecified atom stereocenters. The molecule has 1 amide bonds. The number of amides is 1. The van der Waals surface area contributed by atoms with Crippen LogP contribution < -0.4 is 10.0 Å². The molecule has 156 valence electrons. The maximum Gasteiger partial charge on any atom is 0.261 e. The van der Waals surface area contributed by atoms with Gasteiger partial charge < -0.3 is 5.32 Å². The zero-order valence-corrected chi connectivity index (χ0v) is 17.9. The fourth-order valence-electron chi connectivity index (χ4n) is 2.71. The number of benzene rings is 3. The highest BCUT2D eigenvalue weighted by Gasteiger charge is 2.14. The van der Waals surface area contributed by atoms with Crippen molar-refractivity contribution in [1.82, 2.24) is 0 Å². The van der Waals surface area contributed by atoms with Gasteiger partial charge in [-0.3, -0.25) is 9.52 Å². The third-order valence-electron chi connectivity index (χ3n) is 4.13. The van der Waals surface area contributed by atoms with E-state index in [4.69, 9.17) is 0 Å². The highest BCUT2D eigenvalue weighted by molar-refractivity contribution is 7.99. The summed E-state index contributed by atoms with van der Waals surface area (Å²) >= 11 is 1.51. The van der Waals surface area contributed by atoms with Crippen LogP contribution in [0.4, 0.5) is 15.8 Å². The Morgan fingerprint density at radius 1 is 0.967 bits per heavy atom. The summed E-state index contributed by atoms with van der Waals surface area (Å²) in [5, 5.41) is 2.76. The van der Waals surface area contributed by atoms with Gasteiger partial charge >= 0.3 is 0 Å². The average Bonchev–Trinajstić information content (AvgIpc) is 2.70. The van der Waals surface area contributed by atoms with E-state index in [1.807, 2.05) is 25.1 Å². The van der Waals surface area contributed by atoms with E-state index in [0.717, 1.165) is 11.3 Å². The molecule has 0 heterocycles. The molecule has 8 heteroatoms. The Labute approximate surface area is 179 Å². The van der Waals surface area contributed by atoms with E-state index in [1.54, 1.807) is 0 Å². The molecule has 3 rings (SSSR count). The van der Waals surface area contributed by atoms with Crippen LogP contribution in [-0.2, 0) is 20.6 Å². The van der Waals surface area contributed by atoms with Crippen molar-refractivity contribution in [2.24, 2.45) is 0 Å². The minimum Gasteiger partial charge on any atom is -0.325 e. The molecule has 5 nitrogen and oxygen atoms in total. The molecule has 30 heavy (non-hydrogen) atoms. The monoisotopic (exact) mass is 444 g/mol. The van der Waals surface area contributed by atoms with E-state index in [9.17, 15) is 17.6 Å². The third-order valence-corrected chi connectivity index (χ3v) is 6.53. The minimum absolute atomic E-state index is 0.0404. The second kappa shape index (κ2) is 9.77. The van der Waals surface area contributed by atoms with Gasteiger partial charge in [-0.1, -0.05) is 29.8 Å². The Morgan fingerprint density at radius 3 is 2.30 bits per heavy atom. The second-order valence-corrected chi connectivity index (χ2v) is 9.33. The van der Waals surface area contributed by atoms with Gasteiger partial charge in [0, 0.05) is 17.1 Å². The molecule has 0 aromatic heterocycles. The largest absolute Gasteiger partial charge is 0.325 e. The van der Waals surface area contributed by atoms with Gasteiger partial charge in [0.25, 0.3) is 10.0 Å². The molecule has 0 spiro atoms. The van der Waals surface area contributed by atoms with E-state index in [1.165, 1.54) is 65.9 Å². The van der Waals surface area contributed by atoms with Crippen molar-refractivity contribution in [1.29, 1.82) is 0 Å². The van der Waals surface area contributed by atoms with Gasteiger partial charge in [0.05, 0.1) is 10.6 Å². The Hall–Kier alpha value is -2.84. The molecule has 3 aromatic carbocycles. The Kier molecular flexibility index (Phi) is 7.12. The number of aryl methyl sites for hydroxylation is 1. The number of halogens is 1. The lowest BCUT2D eigenvalue weighted by molar-refractivity contribution is -0.113. The van der Waals surface area contributed by atoms with Crippen LogP contribution in [0.2, 0.25) is 0 Å². The molecule has 0 radical (unpaired) electrons. The molecule has 0 atom stereocenters. The minimum atomic E-state index is -3.81. The first kappa shape index (κ1) is 21.9. The van der Waals surface area contributed by atoms with E-state index >= 15 is 0 Å². The van der Waals surface area contributed by atoms with Crippen molar-refractivity contribution >= 4 is 39.1 Å². The predicted molar refractivity (Wildman–Crippen MR) is 120 cm³/mol. The standard InChI is InChI=1S/C22H21FN2O3S2/c1-16-3-2-4-17(13-16)14-29-15-22(26)24-19-9-11-21(12-10-19)30(27,28)25-20-7-5-18(23)6-8-20/h2-13,25H,14-15H2,1H3,(H,24,26). The highest BCUT2D eigenvalue weighted by Crippen LogP contribution is 2.19. The SMILES string of the molecule is Cc1cccc(CSCC(=O)Nc2ccc(S(=O)(=O)Nc3ccc(F)cc3)cc2)c1. The second-order valence-electron chi connectivity index (χ2n) is 6.67. The summed E-state index contributed by atoms with van der Waals surface area (Å²) in [4.78, 5) is 12.2. The zero-order valence-electron chi connectivity index (χ0n) is 16.3. The first-order chi connectivity index (χ1) is 14.3. The molecule has 0 bridgehead atoms. The summed E-state index contributed by atoms with van der Waals surface area (Å²) in [6, 6.07) is 19.0. The van der Waals surface area contributed by atoms with Gasteiger partial charge in [-0.2, -0.15) is 0 Å². The van der Waals surface area contributed by atoms with E-state index in [2.05, 4.69) is 16.1 Å². The highest BCUT2D eigenvalue weighted by atomic mass is 32.2. The third kappa shape index (κ3) is 6.33. The van der Waals surface area contributed by atoms with E-state index in [0.29, 0.717) is 11.4 Å². The summed E-state index contributed by atoms with van der Waals surface area (Å²) in [5.41, 5.74) is 3.12. The summed E-state index contributed by atoms with van der Waals surface area (Å²) in [6.45, 7) is 2.03. The maximum atomic E-state index is 13.0. The molecule has 0 fully saturated rings. The van der Waals surface area contributed by atoms with Crippen LogP contribution in [0.3, 0.4) is 0 Å². The van der Waals surface area contributed by atoms with Crippen LogP contribution >= 0.6 is 11.8 Å². The van der Waals surface area contributed by atoms with Gasteiger partial charge in [-0.25, -0.2) is 12.8 Å². The summed E-state index contributed by atoms with van der Waals surface area (Å²) in [5.74, 6) is 0.421. The van der Waals surface area contributed by atoms with Crippen LogP contribution in [0.25, 0.3) is 0 Å². The summed E-state index contributed by atoms with van der Waals surface area (Å²) < 4.78 is 40.2. The zero-order chi connectivity index (χ0) is 21.6. The molecule has 2 N–H and O–H groups in total. The van der Waals surface area contributed by atoms with E-state index < -0.39 is 15.8 Å². The molecule has 0 aliphatic rings. The van der Waals surface area contributed by atoms with Gasteiger partial charge in [-0.05, 0) is 61.0 Å². The van der Waals surface area contributed by atoms with Crippen LogP contribution in [0.5, 0.6) is 0 Å². The Balaban J connectivity index is 1.53. The number of nitrogens with one attached hydrogen (secondary N) is 2. The Morgan fingerprint density at radius 2 is 1.63 bits per heavy atom. The first-order valence-corrected chi connectivity index (χ1v) is 11.8. The number of hydrogen-bond acceptors (Lipinski definition) is 4. The molecule has 0 saturated heterocycles. The lowest BCUT2D eigenvalue weighted by atomic mass is 10.2. The van der Waals surface area contributed by atoms with E-state index in [-0.39, 0.29) is 16.5 Å². The topological polar surface area (TPSA) is 75.3 Å². The smallest absolute Gasteiger partial charge is 0.261 e. The van der Waals surface area contributed by atoms with Gasteiger partial charge in [-0.15, -0.1) is 11.8 Å². The maximum absolute atomic E-state index is 13.0. The summed E-state index contributed by atoms with van der Waals surface area (Å²) in [6.07, 6.45) is 0. The van der Waals surface area contributed by atoms with Crippen molar-refractivity contribution < 1.29 is 17.6 Å². The predicted octanol–water partition coefficient (Wildman–Crippen LogP) is 4.81. The van der Waals surface area contributed by atoms with Crippen LogP contribution in [0.1, 0.15) is 11.1 Å². The number of carbonyl (C=O) groups is 1. The van der Waals surface area contributed by atoms with Crippen molar-refractivity contribution in [3.63, 3.8) is 0 Å². The lowest BCUT2D eigenvalue weighted by Crippen LogP contribution is -2.15. The molecule has 3 aromatic rings. The number of anilines is 2. The van der Waals surface area contributed by atoms with Crippen molar-refractivity contribution in [2.75, 3.05) is 15.8 Å². The fraction of sp³-hybridized carbons (Fsp3) is 0.136. The first-order valence-electron chi connectivity index (χ1n) is 9.13. The molecule has 0 saturated carbocycles. The quantitative estimate of drug-likeness (QED) is 0.523. The van der Waals surface area contributed by atoms with Gasteiger partial charge in [0.1, 0.15) is 5.82 Å². The number of sulfonamides is 1. The normalized spacial score (nSPS) is 11.1. The molecule has 0 aliphatic heterocycles. The fourth-order valence-corrected chi connectivity index (χ4v) is 4.54. The Bertz CT molecular complexity index is 1120. The number of carbonyl (C=O) groups excluding carboxylic acids is 1. The van der Waals surface area contributed by atoms with Gasteiger partial charge in [0.15, 0.2) is 0 Å². The molecule has 0 aliphatic carbocycles. The van der Waals surface area contributed by atoms with Crippen LogP contribution in [0, 0.1) is 12.7 Å². The van der Waals surface area contributed by atoms with Crippen LogP contribution in [0.15, 0.2) is 77.7 Å². The van der Waals surface area contributed by atoms with Crippen molar-refractivity contribution in [3.05, 3.63) is 89.7 Å². The van der Waals surface area contributed by atoms with Crippen LogP contribution in [-0.4, -0.2) is 20.1 Å². The van der Waals surface area contributed by atoms with Gasteiger partial charge in [0.2, 0.25) is 5.91 Å².